The normalized spacial score (nSPS) is 11.2. The molecule has 8 heteroatoms. The van der Waals surface area contributed by atoms with Crippen LogP contribution in [0.15, 0.2) is 18.2 Å². The first-order valence-electron chi connectivity index (χ1n) is 5.07. The first-order chi connectivity index (χ1) is 8.29. The molecule has 0 fully saturated rings. The summed E-state index contributed by atoms with van der Waals surface area (Å²) in [4.78, 5) is 11.7. The number of rotatable bonds is 5. The number of benzene rings is 1. The van der Waals surface area contributed by atoms with Crippen molar-refractivity contribution in [2.24, 2.45) is 0 Å². The Bertz CT molecular complexity index is 545. The van der Waals surface area contributed by atoms with Gasteiger partial charge in [-0.15, -0.1) is 0 Å². The molecule has 4 N–H and O–H groups in total. The number of nitrogens with one attached hydrogen (secondary N) is 2. The molecule has 1 aromatic carbocycles. The molecular formula is C10H14ClN3O3S. The highest BCUT2D eigenvalue weighted by Gasteiger charge is 2.09. The maximum absolute atomic E-state index is 11.7. The van der Waals surface area contributed by atoms with Gasteiger partial charge in [0.1, 0.15) is 0 Å². The number of carbonyl (C=O) groups excluding carboxylic acids is 1. The molecular weight excluding hydrogens is 278 g/mol. The second-order valence-corrected chi connectivity index (χ2v) is 5.92. The second kappa shape index (κ2) is 6.03. The van der Waals surface area contributed by atoms with Gasteiger partial charge >= 0.3 is 0 Å². The van der Waals surface area contributed by atoms with Crippen molar-refractivity contribution in [2.45, 2.75) is 0 Å². The Balaban J connectivity index is 2.51. The monoisotopic (exact) mass is 291 g/mol. The third-order valence-electron chi connectivity index (χ3n) is 2.03. The zero-order chi connectivity index (χ0) is 13.8. The first kappa shape index (κ1) is 14.7. The summed E-state index contributed by atoms with van der Waals surface area (Å²) in [5.41, 5.74) is 6.22. The number of anilines is 1. The van der Waals surface area contributed by atoms with E-state index in [1.807, 2.05) is 0 Å². The summed E-state index contributed by atoms with van der Waals surface area (Å²) in [5.74, 6) is -0.375. The molecule has 0 aliphatic heterocycles. The fourth-order valence-corrected chi connectivity index (χ4v) is 1.90. The summed E-state index contributed by atoms with van der Waals surface area (Å²) in [6.07, 6.45) is 1.05. The van der Waals surface area contributed by atoms with Crippen molar-refractivity contribution >= 4 is 33.2 Å². The molecule has 1 rings (SSSR count). The van der Waals surface area contributed by atoms with Gasteiger partial charge < -0.3 is 11.1 Å². The highest BCUT2D eigenvalue weighted by Crippen LogP contribution is 2.17. The van der Waals surface area contributed by atoms with E-state index in [1.165, 1.54) is 12.1 Å². The molecule has 0 radical (unpaired) electrons. The Morgan fingerprint density at radius 2 is 2.06 bits per heavy atom. The second-order valence-electron chi connectivity index (χ2n) is 3.65. The lowest BCUT2D eigenvalue weighted by molar-refractivity contribution is 0.0955. The number of nitrogens with two attached hydrogens (primary N) is 1. The number of carbonyl (C=O) groups is 1. The molecule has 0 saturated carbocycles. The molecule has 0 aliphatic carbocycles. The number of amides is 1. The maximum atomic E-state index is 11.7. The van der Waals surface area contributed by atoms with E-state index in [2.05, 4.69) is 10.0 Å². The number of hydrogen-bond donors (Lipinski definition) is 3. The van der Waals surface area contributed by atoms with Gasteiger partial charge in [-0.1, -0.05) is 11.6 Å². The molecule has 18 heavy (non-hydrogen) atoms. The van der Waals surface area contributed by atoms with Crippen LogP contribution in [0.5, 0.6) is 0 Å². The van der Waals surface area contributed by atoms with Crippen molar-refractivity contribution in [3.8, 4) is 0 Å². The molecule has 1 aromatic rings. The van der Waals surface area contributed by atoms with Gasteiger partial charge in [0.25, 0.3) is 5.91 Å². The minimum atomic E-state index is -3.24. The lowest BCUT2D eigenvalue weighted by Crippen LogP contribution is -2.34. The van der Waals surface area contributed by atoms with E-state index < -0.39 is 10.0 Å². The van der Waals surface area contributed by atoms with Gasteiger partial charge in [-0.3, -0.25) is 4.79 Å². The molecule has 0 saturated heterocycles. The highest BCUT2D eigenvalue weighted by molar-refractivity contribution is 7.88. The molecule has 0 unspecified atom stereocenters. The predicted molar refractivity (Wildman–Crippen MR) is 71.0 cm³/mol. The molecule has 0 spiro atoms. The van der Waals surface area contributed by atoms with Crippen molar-refractivity contribution in [3.05, 3.63) is 28.8 Å². The van der Waals surface area contributed by atoms with Crippen LogP contribution in [-0.4, -0.2) is 33.7 Å². The van der Waals surface area contributed by atoms with Crippen molar-refractivity contribution in [2.75, 3.05) is 25.1 Å². The third-order valence-corrected chi connectivity index (χ3v) is 3.00. The minimum absolute atomic E-state index is 0.123. The smallest absolute Gasteiger partial charge is 0.253 e. The minimum Gasteiger partial charge on any atom is -0.398 e. The number of halogens is 1. The van der Waals surface area contributed by atoms with E-state index in [9.17, 15) is 13.2 Å². The molecule has 0 heterocycles. The summed E-state index contributed by atoms with van der Waals surface area (Å²) in [7, 11) is -3.24. The van der Waals surface area contributed by atoms with Crippen LogP contribution in [0.1, 0.15) is 10.4 Å². The fourth-order valence-electron chi connectivity index (χ4n) is 1.25. The molecule has 100 valence electrons. The van der Waals surface area contributed by atoms with Gasteiger partial charge in [0, 0.05) is 23.8 Å². The average Bonchev–Trinajstić information content (AvgIpc) is 2.22. The molecule has 0 aromatic heterocycles. The van der Waals surface area contributed by atoms with E-state index in [0.717, 1.165) is 6.26 Å². The van der Waals surface area contributed by atoms with Crippen LogP contribution in [0.3, 0.4) is 0 Å². The SMILES string of the molecule is CS(=O)(=O)NCCNC(=O)c1ccc(Cl)cc1N. The Morgan fingerprint density at radius 3 is 2.61 bits per heavy atom. The van der Waals surface area contributed by atoms with Gasteiger partial charge in [-0.05, 0) is 18.2 Å². The highest BCUT2D eigenvalue weighted by atomic mass is 35.5. The summed E-state index contributed by atoms with van der Waals surface area (Å²) >= 11 is 5.71. The van der Waals surface area contributed by atoms with Crippen molar-refractivity contribution < 1.29 is 13.2 Å². The van der Waals surface area contributed by atoms with E-state index in [-0.39, 0.29) is 24.7 Å². The van der Waals surface area contributed by atoms with Crippen LogP contribution in [0.25, 0.3) is 0 Å². The van der Waals surface area contributed by atoms with E-state index in [1.54, 1.807) is 6.07 Å². The van der Waals surface area contributed by atoms with Gasteiger partial charge in [0.05, 0.1) is 11.8 Å². The summed E-state index contributed by atoms with van der Waals surface area (Å²) in [6, 6.07) is 4.55. The van der Waals surface area contributed by atoms with E-state index >= 15 is 0 Å². The largest absolute Gasteiger partial charge is 0.398 e. The lowest BCUT2D eigenvalue weighted by atomic mass is 10.1. The number of sulfonamides is 1. The van der Waals surface area contributed by atoms with Crippen LogP contribution in [0.4, 0.5) is 5.69 Å². The van der Waals surface area contributed by atoms with Crippen molar-refractivity contribution in [3.63, 3.8) is 0 Å². The summed E-state index contributed by atoms with van der Waals surface area (Å²) in [5, 5.41) is 2.99. The van der Waals surface area contributed by atoms with Crippen LogP contribution < -0.4 is 15.8 Å². The fraction of sp³-hybridized carbons (Fsp3) is 0.300. The van der Waals surface area contributed by atoms with E-state index in [0.29, 0.717) is 10.6 Å². The number of nitrogen functional groups attached to an aromatic ring is 1. The zero-order valence-electron chi connectivity index (χ0n) is 9.73. The topological polar surface area (TPSA) is 101 Å². The average molecular weight is 292 g/mol. The van der Waals surface area contributed by atoms with Gasteiger partial charge in [-0.25, -0.2) is 13.1 Å². The Labute approximate surface area is 111 Å². The molecule has 6 nitrogen and oxygen atoms in total. The summed E-state index contributed by atoms with van der Waals surface area (Å²) in [6.45, 7) is 0.298. The maximum Gasteiger partial charge on any atom is 0.253 e. The Hall–Kier alpha value is -1.31. The standard InChI is InChI=1S/C10H14ClN3O3S/c1-18(16,17)14-5-4-13-10(15)8-3-2-7(11)6-9(8)12/h2-3,6,14H,4-5,12H2,1H3,(H,13,15). The third kappa shape index (κ3) is 4.91. The van der Waals surface area contributed by atoms with Crippen LogP contribution >= 0.6 is 11.6 Å². The van der Waals surface area contributed by atoms with Crippen LogP contribution in [-0.2, 0) is 10.0 Å². The summed E-state index contributed by atoms with van der Waals surface area (Å²) < 4.78 is 23.8. The van der Waals surface area contributed by atoms with Crippen LogP contribution in [0.2, 0.25) is 5.02 Å². The Morgan fingerprint density at radius 1 is 1.39 bits per heavy atom. The zero-order valence-corrected chi connectivity index (χ0v) is 11.3. The Kier molecular flexibility index (Phi) is 4.94. The first-order valence-corrected chi connectivity index (χ1v) is 7.34. The predicted octanol–water partition coefficient (Wildman–Crippen LogP) is 0.201. The quantitative estimate of drug-likeness (QED) is 0.533. The lowest BCUT2D eigenvalue weighted by Gasteiger charge is -2.08. The van der Waals surface area contributed by atoms with Crippen molar-refractivity contribution in [1.29, 1.82) is 0 Å². The van der Waals surface area contributed by atoms with Crippen molar-refractivity contribution in [1.82, 2.24) is 10.0 Å². The van der Waals surface area contributed by atoms with E-state index in [4.69, 9.17) is 17.3 Å². The molecule has 1 amide bonds. The van der Waals surface area contributed by atoms with Gasteiger partial charge in [0.15, 0.2) is 0 Å². The van der Waals surface area contributed by atoms with Gasteiger partial charge in [0.2, 0.25) is 10.0 Å². The number of hydrogen-bond acceptors (Lipinski definition) is 4. The van der Waals surface area contributed by atoms with Crippen LogP contribution in [0, 0.1) is 0 Å². The molecule has 0 bridgehead atoms. The van der Waals surface area contributed by atoms with Gasteiger partial charge in [-0.2, -0.15) is 0 Å². The molecule has 0 atom stereocenters. The molecule has 0 aliphatic rings.